The number of nitrogens with one attached hydrogen (secondary N) is 1. The first-order valence-corrected chi connectivity index (χ1v) is 4.15. The lowest BCUT2D eigenvalue weighted by molar-refractivity contribution is 0.475. The molecule has 0 spiro atoms. The van der Waals surface area contributed by atoms with Gasteiger partial charge < -0.3 is 4.90 Å². The maximum Gasteiger partial charge on any atom is 0.0817 e. The van der Waals surface area contributed by atoms with Crippen LogP contribution in [0, 0.1) is 17.2 Å². The summed E-state index contributed by atoms with van der Waals surface area (Å²) in [5.74, 6) is 1.86. The SMILES string of the molecule is N=CN1C[C@H]2CCC[C@H]2C1. The molecule has 2 heteroatoms. The second kappa shape index (κ2) is 2.26. The van der Waals surface area contributed by atoms with E-state index >= 15 is 0 Å². The number of hydrogen-bond acceptors (Lipinski definition) is 1. The Labute approximate surface area is 61.7 Å². The van der Waals surface area contributed by atoms with Crippen LogP contribution in [0.3, 0.4) is 0 Å². The number of rotatable bonds is 1. The normalized spacial score (nSPS) is 38.2. The van der Waals surface area contributed by atoms with Gasteiger partial charge in [0.2, 0.25) is 0 Å². The highest BCUT2D eigenvalue weighted by Crippen LogP contribution is 2.36. The maximum absolute atomic E-state index is 7.08. The molecule has 10 heavy (non-hydrogen) atoms. The molecule has 0 unspecified atom stereocenters. The zero-order chi connectivity index (χ0) is 6.97. The predicted octanol–water partition coefficient (Wildman–Crippen LogP) is 1.33. The first-order chi connectivity index (χ1) is 4.90. The summed E-state index contributed by atoms with van der Waals surface area (Å²) in [5.41, 5.74) is 0. The molecule has 1 aliphatic carbocycles. The van der Waals surface area contributed by atoms with Crippen molar-refractivity contribution in [3.63, 3.8) is 0 Å². The standard InChI is InChI=1S/C8H14N2/c9-6-10-4-7-2-1-3-8(7)5-10/h6-9H,1-5H2/t7-,8+. The van der Waals surface area contributed by atoms with Crippen LogP contribution in [0.1, 0.15) is 19.3 Å². The van der Waals surface area contributed by atoms with Crippen molar-refractivity contribution >= 4 is 6.34 Å². The van der Waals surface area contributed by atoms with Crippen molar-refractivity contribution in [3.8, 4) is 0 Å². The molecular weight excluding hydrogens is 124 g/mol. The van der Waals surface area contributed by atoms with E-state index in [0.717, 1.165) is 24.9 Å². The summed E-state index contributed by atoms with van der Waals surface area (Å²) in [5, 5.41) is 7.08. The molecule has 2 atom stereocenters. The molecule has 0 bridgehead atoms. The molecule has 2 aliphatic rings. The Morgan fingerprint density at radius 1 is 1.20 bits per heavy atom. The lowest BCUT2D eigenvalue weighted by Crippen LogP contribution is -2.18. The Hall–Kier alpha value is -0.530. The summed E-state index contributed by atoms with van der Waals surface area (Å²) < 4.78 is 0. The molecule has 2 nitrogen and oxygen atoms in total. The first kappa shape index (κ1) is 6.20. The minimum atomic E-state index is 0.932. The third kappa shape index (κ3) is 0.825. The van der Waals surface area contributed by atoms with Gasteiger partial charge in [-0.15, -0.1) is 0 Å². The lowest BCUT2D eigenvalue weighted by Gasteiger charge is -2.10. The highest BCUT2D eigenvalue weighted by molar-refractivity contribution is 5.51. The van der Waals surface area contributed by atoms with Gasteiger partial charge in [-0.3, -0.25) is 5.41 Å². The zero-order valence-corrected chi connectivity index (χ0v) is 6.21. The van der Waals surface area contributed by atoms with E-state index in [1.165, 1.54) is 25.6 Å². The highest BCUT2D eigenvalue weighted by atomic mass is 15.2. The van der Waals surface area contributed by atoms with E-state index in [0.29, 0.717) is 0 Å². The molecule has 0 aromatic rings. The minimum Gasteiger partial charge on any atom is -0.363 e. The number of likely N-dealkylation sites (tertiary alicyclic amines) is 1. The van der Waals surface area contributed by atoms with Crippen molar-refractivity contribution in [1.82, 2.24) is 4.90 Å². The fourth-order valence-electron chi connectivity index (χ4n) is 2.38. The van der Waals surface area contributed by atoms with E-state index in [1.54, 1.807) is 0 Å². The number of nitrogens with zero attached hydrogens (tertiary/aromatic N) is 1. The molecule has 1 aliphatic heterocycles. The van der Waals surface area contributed by atoms with Crippen molar-refractivity contribution in [2.24, 2.45) is 11.8 Å². The van der Waals surface area contributed by atoms with Crippen LogP contribution in [0.2, 0.25) is 0 Å². The quantitative estimate of drug-likeness (QED) is 0.429. The Bertz CT molecular complexity index is 132. The van der Waals surface area contributed by atoms with Crippen LogP contribution in [0.5, 0.6) is 0 Å². The van der Waals surface area contributed by atoms with Gasteiger partial charge in [0.05, 0.1) is 6.34 Å². The minimum absolute atomic E-state index is 0.932. The zero-order valence-electron chi connectivity index (χ0n) is 6.21. The molecule has 2 rings (SSSR count). The molecule has 1 N–H and O–H groups in total. The summed E-state index contributed by atoms with van der Waals surface area (Å²) in [7, 11) is 0. The lowest BCUT2D eigenvalue weighted by atomic mass is 10.0. The van der Waals surface area contributed by atoms with Gasteiger partial charge in [0.25, 0.3) is 0 Å². The topological polar surface area (TPSA) is 27.1 Å². The van der Waals surface area contributed by atoms with E-state index < -0.39 is 0 Å². The van der Waals surface area contributed by atoms with Gasteiger partial charge in [-0.1, -0.05) is 6.42 Å². The smallest absolute Gasteiger partial charge is 0.0817 e. The highest BCUT2D eigenvalue weighted by Gasteiger charge is 2.34. The van der Waals surface area contributed by atoms with Crippen LogP contribution in [0.25, 0.3) is 0 Å². The van der Waals surface area contributed by atoms with Crippen molar-refractivity contribution in [2.75, 3.05) is 13.1 Å². The van der Waals surface area contributed by atoms with Gasteiger partial charge in [-0.25, -0.2) is 0 Å². The van der Waals surface area contributed by atoms with Crippen molar-refractivity contribution in [2.45, 2.75) is 19.3 Å². The molecule has 0 aromatic heterocycles. The van der Waals surface area contributed by atoms with E-state index in [1.807, 2.05) is 0 Å². The van der Waals surface area contributed by atoms with Crippen molar-refractivity contribution < 1.29 is 0 Å². The van der Waals surface area contributed by atoms with Crippen LogP contribution < -0.4 is 0 Å². The second-order valence-corrected chi connectivity index (χ2v) is 3.53. The largest absolute Gasteiger partial charge is 0.363 e. The van der Waals surface area contributed by atoms with Crippen LogP contribution >= 0.6 is 0 Å². The molecule has 0 amide bonds. The molecule has 2 fully saturated rings. The monoisotopic (exact) mass is 138 g/mol. The average molecular weight is 138 g/mol. The fourth-order valence-corrected chi connectivity index (χ4v) is 2.38. The molecule has 1 saturated carbocycles. The van der Waals surface area contributed by atoms with Gasteiger partial charge in [-0.05, 0) is 24.7 Å². The van der Waals surface area contributed by atoms with E-state index in [4.69, 9.17) is 5.41 Å². The van der Waals surface area contributed by atoms with Gasteiger partial charge in [0, 0.05) is 13.1 Å². The van der Waals surface area contributed by atoms with Gasteiger partial charge >= 0.3 is 0 Å². The van der Waals surface area contributed by atoms with Crippen LogP contribution in [0.4, 0.5) is 0 Å². The van der Waals surface area contributed by atoms with Gasteiger partial charge in [0.15, 0.2) is 0 Å². The Morgan fingerprint density at radius 2 is 1.80 bits per heavy atom. The average Bonchev–Trinajstić information content (AvgIpc) is 2.42. The van der Waals surface area contributed by atoms with Crippen LogP contribution in [0.15, 0.2) is 0 Å². The molecule has 0 radical (unpaired) electrons. The summed E-state index contributed by atoms with van der Waals surface area (Å²) in [6.07, 6.45) is 5.75. The third-order valence-electron chi connectivity index (χ3n) is 2.94. The molecule has 1 saturated heterocycles. The molecule has 1 heterocycles. The Kier molecular flexibility index (Phi) is 1.40. The molecular formula is C8H14N2. The fraction of sp³-hybridized carbons (Fsp3) is 0.875. The third-order valence-corrected chi connectivity index (χ3v) is 2.94. The van der Waals surface area contributed by atoms with Crippen LogP contribution in [-0.4, -0.2) is 24.3 Å². The summed E-state index contributed by atoms with van der Waals surface area (Å²) in [6.45, 7) is 2.32. The number of hydrogen-bond donors (Lipinski definition) is 1. The summed E-state index contributed by atoms with van der Waals surface area (Å²) in [4.78, 5) is 2.15. The van der Waals surface area contributed by atoms with Crippen LogP contribution in [-0.2, 0) is 0 Å². The van der Waals surface area contributed by atoms with Crippen molar-refractivity contribution in [3.05, 3.63) is 0 Å². The first-order valence-electron chi connectivity index (χ1n) is 4.15. The predicted molar refractivity (Wildman–Crippen MR) is 41.2 cm³/mol. The molecule has 56 valence electrons. The van der Waals surface area contributed by atoms with Gasteiger partial charge in [-0.2, -0.15) is 0 Å². The van der Waals surface area contributed by atoms with Gasteiger partial charge in [0.1, 0.15) is 0 Å². The summed E-state index contributed by atoms with van der Waals surface area (Å²) in [6, 6.07) is 0. The maximum atomic E-state index is 7.08. The Balaban J connectivity index is 1.99. The number of fused-ring (bicyclic) bond motifs is 1. The van der Waals surface area contributed by atoms with E-state index in [-0.39, 0.29) is 0 Å². The Morgan fingerprint density at radius 3 is 2.30 bits per heavy atom. The van der Waals surface area contributed by atoms with E-state index in [2.05, 4.69) is 4.90 Å². The second-order valence-electron chi connectivity index (χ2n) is 3.53. The van der Waals surface area contributed by atoms with E-state index in [9.17, 15) is 0 Å². The summed E-state index contributed by atoms with van der Waals surface area (Å²) >= 11 is 0. The molecule has 0 aromatic carbocycles. The van der Waals surface area contributed by atoms with Crippen molar-refractivity contribution in [1.29, 1.82) is 5.41 Å².